The second kappa shape index (κ2) is 4.28. The SMILES string of the molecule is COc1c(N)ncnc1N1CC2(CCOCC2)C1. The number of anilines is 2. The van der Waals surface area contributed by atoms with E-state index in [-0.39, 0.29) is 0 Å². The van der Waals surface area contributed by atoms with Crippen molar-refractivity contribution < 1.29 is 9.47 Å². The number of ether oxygens (including phenoxy) is 2. The third-order valence-corrected chi connectivity index (χ3v) is 3.92. The molecule has 0 saturated carbocycles. The average Bonchev–Trinajstić information content (AvgIpc) is 2.36. The van der Waals surface area contributed by atoms with Gasteiger partial charge in [-0.15, -0.1) is 0 Å². The lowest BCUT2D eigenvalue weighted by Crippen LogP contribution is -2.59. The number of hydrogen-bond acceptors (Lipinski definition) is 6. The van der Waals surface area contributed by atoms with E-state index in [1.165, 1.54) is 6.33 Å². The Morgan fingerprint density at radius 2 is 2.06 bits per heavy atom. The van der Waals surface area contributed by atoms with E-state index in [0.717, 1.165) is 45.0 Å². The summed E-state index contributed by atoms with van der Waals surface area (Å²) in [6.07, 6.45) is 3.75. The fraction of sp³-hybridized carbons (Fsp3) is 0.667. The first kappa shape index (κ1) is 11.5. The summed E-state index contributed by atoms with van der Waals surface area (Å²) in [6, 6.07) is 0. The van der Waals surface area contributed by atoms with Crippen LogP contribution in [-0.4, -0.2) is 43.4 Å². The molecule has 0 aliphatic carbocycles. The van der Waals surface area contributed by atoms with Crippen molar-refractivity contribution in [1.29, 1.82) is 0 Å². The Hall–Kier alpha value is -1.56. The molecule has 2 aliphatic rings. The molecule has 2 saturated heterocycles. The highest BCUT2D eigenvalue weighted by molar-refractivity contribution is 5.64. The average molecular weight is 250 g/mol. The second-order valence-electron chi connectivity index (χ2n) is 5.08. The number of methoxy groups -OCH3 is 1. The van der Waals surface area contributed by atoms with E-state index in [9.17, 15) is 0 Å². The minimum atomic E-state index is 0.399. The van der Waals surface area contributed by atoms with Crippen LogP contribution < -0.4 is 15.4 Å². The molecule has 18 heavy (non-hydrogen) atoms. The summed E-state index contributed by atoms with van der Waals surface area (Å²) in [5, 5.41) is 0. The van der Waals surface area contributed by atoms with Gasteiger partial charge in [0.1, 0.15) is 6.33 Å². The molecule has 0 amide bonds. The molecular weight excluding hydrogens is 232 g/mol. The lowest BCUT2D eigenvalue weighted by Gasteiger charge is -2.52. The highest BCUT2D eigenvalue weighted by atomic mass is 16.5. The van der Waals surface area contributed by atoms with Crippen LogP contribution in [0.1, 0.15) is 12.8 Å². The smallest absolute Gasteiger partial charge is 0.204 e. The van der Waals surface area contributed by atoms with Gasteiger partial charge in [-0.3, -0.25) is 0 Å². The predicted molar refractivity (Wildman–Crippen MR) is 67.7 cm³/mol. The number of nitrogens with zero attached hydrogens (tertiary/aromatic N) is 3. The van der Waals surface area contributed by atoms with Crippen molar-refractivity contribution in [2.45, 2.75) is 12.8 Å². The summed E-state index contributed by atoms with van der Waals surface area (Å²) in [5.41, 5.74) is 6.20. The van der Waals surface area contributed by atoms with Gasteiger partial charge in [-0.1, -0.05) is 0 Å². The largest absolute Gasteiger partial charge is 0.490 e. The zero-order chi connectivity index (χ0) is 12.6. The number of nitrogen functional groups attached to an aromatic ring is 1. The molecule has 0 aromatic carbocycles. The Morgan fingerprint density at radius 1 is 1.33 bits per heavy atom. The molecule has 3 rings (SSSR count). The fourth-order valence-electron chi connectivity index (χ4n) is 2.83. The quantitative estimate of drug-likeness (QED) is 0.832. The van der Waals surface area contributed by atoms with Crippen molar-refractivity contribution >= 4 is 11.6 Å². The maximum Gasteiger partial charge on any atom is 0.204 e. The first-order valence-corrected chi connectivity index (χ1v) is 6.21. The Bertz CT molecular complexity index is 438. The molecule has 2 fully saturated rings. The Morgan fingerprint density at radius 3 is 2.72 bits per heavy atom. The van der Waals surface area contributed by atoms with Crippen molar-refractivity contribution in [3.05, 3.63) is 6.33 Å². The number of aromatic nitrogens is 2. The molecule has 1 aromatic heterocycles. The molecular formula is C12H18N4O2. The molecule has 3 heterocycles. The van der Waals surface area contributed by atoms with E-state index in [1.54, 1.807) is 7.11 Å². The van der Waals surface area contributed by atoms with Gasteiger partial charge in [0, 0.05) is 31.7 Å². The summed E-state index contributed by atoms with van der Waals surface area (Å²) in [5.74, 6) is 1.79. The van der Waals surface area contributed by atoms with Gasteiger partial charge in [0.05, 0.1) is 7.11 Å². The third-order valence-electron chi connectivity index (χ3n) is 3.92. The zero-order valence-electron chi connectivity index (χ0n) is 10.6. The van der Waals surface area contributed by atoms with Gasteiger partial charge in [0.25, 0.3) is 0 Å². The van der Waals surface area contributed by atoms with Crippen LogP contribution in [0.25, 0.3) is 0 Å². The normalized spacial score (nSPS) is 21.7. The number of nitrogens with two attached hydrogens (primary N) is 1. The lowest BCUT2D eigenvalue weighted by atomic mass is 9.73. The van der Waals surface area contributed by atoms with Crippen molar-refractivity contribution in [3.63, 3.8) is 0 Å². The van der Waals surface area contributed by atoms with Gasteiger partial charge < -0.3 is 20.1 Å². The molecule has 2 aliphatic heterocycles. The first-order valence-electron chi connectivity index (χ1n) is 6.21. The minimum Gasteiger partial charge on any atom is -0.490 e. The maximum absolute atomic E-state index is 5.80. The van der Waals surface area contributed by atoms with Crippen LogP contribution in [0.4, 0.5) is 11.6 Å². The Kier molecular flexibility index (Phi) is 2.74. The van der Waals surface area contributed by atoms with Crippen LogP contribution >= 0.6 is 0 Å². The van der Waals surface area contributed by atoms with Crippen LogP contribution in [0.2, 0.25) is 0 Å². The van der Waals surface area contributed by atoms with Crippen LogP contribution in [0.15, 0.2) is 6.33 Å². The zero-order valence-corrected chi connectivity index (χ0v) is 10.6. The molecule has 1 spiro atoms. The van der Waals surface area contributed by atoms with Crippen molar-refractivity contribution in [2.24, 2.45) is 5.41 Å². The highest BCUT2D eigenvalue weighted by Crippen LogP contribution is 2.44. The summed E-state index contributed by atoms with van der Waals surface area (Å²) in [7, 11) is 1.60. The van der Waals surface area contributed by atoms with Crippen LogP contribution in [0.5, 0.6) is 5.75 Å². The van der Waals surface area contributed by atoms with Crippen molar-refractivity contribution in [2.75, 3.05) is 44.0 Å². The molecule has 1 aromatic rings. The van der Waals surface area contributed by atoms with Gasteiger partial charge in [0.15, 0.2) is 11.6 Å². The highest BCUT2D eigenvalue weighted by Gasteiger charge is 2.45. The molecule has 6 nitrogen and oxygen atoms in total. The van der Waals surface area contributed by atoms with Gasteiger partial charge in [-0.2, -0.15) is 0 Å². The lowest BCUT2D eigenvalue weighted by molar-refractivity contribution is -0.000590. The van der Waals surface area contributed by atoms with E-state index >= 15 is 0 Å². The fourth-order valence-corrected chi connectivity index (χ4v) is 2.83. The van der Waals surface area contributed by atoms with E-state index in [4.69, 9.17) is 15.2 Å². The van der Waals surface area contributed by atoms with E-state index < -0.39 is 0 Å². The number of hydrogen-bond donors (Lipinski definition) is 1. The van der Waals surface area contributed by atoms with Gasteiger partial charge in [-0.05, 0) is 12.8 Å². The minimum absolute atomic E-state index is 0.399. The molecule has 0 bridgehead atoms. The van der Waals surface area contributed by atoms with E-state index in [2.05, 4.69) is 14.9 Å². The third kappa shape index (κ3) is 1.77. The van der Waals surface area contributed by atoms with Gasteiger partial charge in [0.2, 0.25) is 5.75 Å². The van der Waals surface area contributed by atoms with Crippen LogP contribution in [0.3, 0.4) is 0 Å². The first-order chi connectivity index (χ1) is 8.74. The molecule has 0 atom stereocenters. The summed E-state index contributed by atoms with van der Waals surface area (Å²) in [4.78, 5) is 10.4. The summed E-state index contributed by atoms with van der Waals surface area (Å²) in [6.45, 7) is 3.75. The standard InChI is InChI=1S/C12H18N4O2/c1-17-9-10(13)14-8-15-11(9)16-6-12(7-16)2-4-18-5-3-12/h8H,2-7H2,1H3,(H2,13,14,15). The van der Waals surface area contributed by atoms with E-state index in [0.29, 0.717) is 17.0 Å². The summed E-state index contributed by atoms with van der Waals surface area (Å²) < 4.78 is 10.7. The Balaban J connectivity index is 1.76. The molecule has 2 N–H and O–H groups in total. The predicted octanol–water partition coefficient (Wildman–Crippen LogP) is 0.684. The van der Waals surface area contributed by atoms with Gasteiger partial charge >= 0.3 is 0 Å². The van der Waals surface area contributed by atoms with Crippen LogP contribution in [-0.2, 0) is 4.74 Å². The summed E-state index contributed by atoms with van der Waals surface area (Å²) >= 11 is 0. The molecule has 98 valence electrons. The molecule has 0 radical (unpaired) electrons. The molecule has 0 unspecified atom stereocenters. The maximum atomic E-state index is 5.80. The van der Waals surface area contributed by atoms with Crippen molar-refractivity contribution in [3.8, 4) is 5.75 Å². The van der Waals surface area contributed by atoms with Crippen molar-refractivity contribution in [1.82, 2.24) is 9.97 Å². The molecule has 6 heteroatoms. The monoisotopic (exact) mass is 250 g/mol. The number of rotatable bonds is 2. The van der Waals surface area contributed by atoms with Gasteiger partial charge in [-0.25, -0.2) is 9.97 Å². The van der Waals surface area contributed by atoms with Crippen LogP contribution in [0, 0.1) is 5.41 Å². The topological polar surface area (TPSA) is 73.5 Å². The van der Waals surface area contributed by atoms with E-state index in [1.807, 2.05) is 0 Å². The Labute approximate surface area is 106 Å². The second-order valence-corrected chi connectivity index (χ2v) is 5.08.